The van der Waals surface area contributed by atoms with Gasteiger partial charge in [0.25, 0.3) is 0 Å². The van der Waals surface area contributed by atoms with Crippen molar-refractivity contribution in [2.24, 2.45) is 4.99 Å². The van der Waals surface area contributed by atoms with Crippen LogP contribution in [0.2, 0.25) is 0 Å². The molecule has 0 bridgehead atoms. The lowest BCUT2D eigenvalue weighted by Crippen LogP contribution is -2.44. The summed E-state index contributed by atoms with van der Waals surface area (Å²) in [7, 11) is 3.25. The van der Waals surface area contributed by atoms with E-state index in [1.165, 1.54) is 4.90 Å². The number of halogens is 3. The van der Waals surface area contributed by atoms with Gasteiger partial charge in [-0.1, -0.05) is 18.2 Å². The molecule has 0 aromatic heterocycles. The van der Waals surface area contributed by atoms with Crippen LogP contribution in [0.15, 0.2) is 29.3 Å². The van der Waals surface area contributed by atoms with E-state index in [1.54, 1.807) is 14.2 Å². The molecule has 0 spiro atoms. The Balaban J connectivity index is 1.83. The van der Waals surface area contributed by atoms with E-state index in [1.807, 2.05) is 24.3 Å². The van der Waals surface area contributed by atoms with E-state index in [9.17, 15) is 13.2 Å². The van der Waals surface area contributed by atoms with E-state index in [0.29, 0.717) is 32.0 Å². The minimum atomic E-state index is -4.15. The van der Waals surface area contributed by atoms with Gasteiger partial charge in [0.2, 0.25) is 0 Å². The maximum absolute atomic E-state index is 12.4. The molecule has 0 saturated carbocycles. The first-order valence-electron chi connectivity index (χ1n) is 7.79. The van der Waals surface area contributed by atoms with Gasteiger partial charge in [-0.15, -0.1) is 0 Å². The van der Waals surface area contributed by atoms with Crippen LogP contribution >= 0.6 is 0 Å². The van der Waals surface area contributed by atoms with Crippen molar-refractivity contribution in [2.75, 3.05) is 33.8 Å². The van der Waals surface area contributed by atoms with Crippen LogP contribution in [-0.4, -0.2) is 56.9 Å². The van der Waals surface area contributed by atoms with Gasteiger partial charge >= 0.3 is 6.18 Å². The Kier molecular flexibility index (Phi) is 6.30. The third kappa shape index (κ3) is 5.59. The number of nitrogens with zero attached hydrogens (tertiary/aromatic N) is 2. The minimum absolute atomic E-state index is 0.0452. The van der Waals surface area contributed by atoms with E-state index in [0.717, 1.165) is 11.3 Å². The van der Waals surface area contributed by atoms with Gasteiger partial charge in [-0.25, -0.2) is 0 Å². The molecular weight excluding hydrogens is 321 g/mol. The summed E-state index contributed by atoms with van der Waals surface area (Å²) in [6, 6.07) is 7.58. The number of hydrogen-bond acceptors (Lipinski definition) is 3. The van der Waals surface area contributed by atoms with Crippen LogP contribution in [0, 0.1) is 0 Å². The van der Waals surface area contributed by atoms with Crippen molar-refractivity contribution >= 4 is 5.96 Å². The zero-order valence-corrected chi connectivity index (χ0v) is 13.9. The van der Waals surface area contributed by atoms with Crippen molar-refractivity contribution in [2.45, 2.75) is 25.2 Å². The van der Waals surface area contributed by atoms with Crippen LogP contribution in [0.1, 0.15) is 12.0 Å². The Morgan fingerprint density at radius 1 is 1.38 bits per heavy atom. The molecule has 1 unspecified atom stereocenters. The lowest BCUT2D eigenvalue weighted by Gasteiger charge is -2.20. The van der Waals surface area contributed by atoms with E-state index in [2.05, 4.69) is 15.6 Å². The van der Waals surface area contributed by atoms with Crippen molar-refractivity contribution in [1.82, 2.24) is 15.5 Å². The minimum Gasteiger partial charge on any atom is -0.496 e. The van der Waals surface area contributed by atoms with Gasteiger partial charge in [0.15, 0.2) is 5.96 Å². The molecule has 1 aliphatic heterocycles. The summed E-state index contributed by atoms with van der Waals surface area (Å²) in [5.41, 5.74) is 0.980. The molecule has 0 amide bonds. The first kappa shape index (κ1) is 18.4. The summed E-state index contributed by atoms with van der Waals surface area (Å²) < 4.78 is 42.6. The number of nitrogens with one attached hydrogen (secondary N) is 2. The first-order chi connectivity index (χ1) is 11.4. The molecule has 1 heterocycles. The third-order valence-electron chi connectivity index (χ3n) is 3.88. The Morgan fingerprint density at radius 3 is 2.79 bits per heavy atom. The van der Waals surface area contributed by atoms with Crippen molar-refractivity contribution < 1.29 is 17.9 Å². The van der Waals surface area contributed by atoms with Crippen LogP contribution in [0.25, 0.3) is 0 Å². The number of guanidine groups is 1. The van der Waals surface area contributed by atoms with Gasteiger partial charge in [0.05, 0.1) is 13.7 Å². The molecule has 1 aliphatic rings. The predicted molar refractivity (Wildman–Crippen MR) is 87.2 cm³/mol. The molecule has 0 radical (unpaired) electrons. The van der Waals surface area contributed by atoms with E-state index in [4.69, 9.17) is 4.74 Å². The second kappa shape index (κ2) is 8.23. The Hall–Kier alpha value is -1.96. The molecule has 5 nitrogen and oxygen atoms in total. The molecule has 2 N–H and O–H groups in total. The van der Waals surface area contributed by atoms with E-state index in [-0.39, 0.29) is 6.04 Å². The van der Waals surface area contributed by atoms with Crippen LogP contribution in [-0.2, 0) is 6.54 Å². The van der Waals surface area contributed by atoms with E-state index < -0.39 is 12.7 Å². The highest BCUT2D eigenvalue weighted by molar-refractivity contribution is 5.80. The summed E-state index contributed by atoms with van der Waals surface area (Å²) >= 11 is 0. The van der Waals surface area contributed by atoms with E-state index >= 15 is 0 Å². The predicted octanol–water partition coefficient (Wildman–Crippen LogP) is 2.00. The van der Waals surface area contributed by atoms with Crippen LogP contribution < -0.4 is 15.4 Å². The molecule has 1 aromatic carbocycles. The van der Waals surface area contributed by atoms with Crippen LogP contribution in [0.4, 0.5) is 13.2 Å². The Labute approximate surface area is 139 Å². The fourth-order valence-electron chi connectivity index (χ4n) is 2.76. The monoisotopic (exact) mass is 344 g/mol. The van der Waals surface area contributed by atoms with Gasteiger partial charge in [-0.2, -0.15) is 13.2 Å². The topological polar surface area (TPSA) is 48.9 Å². The van der Waals surface area contributed by atoms with Crippen LogP contribution in [0.3, 0.4) is 0 Å². The summed E-state index contributed by atoms with van der Waals surface area (Å²) in [5, 5.41) is 6.35. The molecule has 8 heteroatoms. The number of rotatable bonds is 5. The number of benzene rings is 1. The zero-order valence-electron chi connectivity index (χ0n) is 13.9. The summed E-state index contributed by atoms with van der Waals surface area (Å²) in [5.74, 6) is 1.34. The average molecular weight is 344 g/mol. The van der Waals surface area contributed by atoms with Gasteiger partial charge in [0.1, 0.15) is 5.75 Å². The molecule has 24 heavy (non-hydrogen) atoms. The quantitative estimate of drug-likeness (QED) is 0.634. The molecule has 1 fully saturated rings. The third-order valence-corrected chi connectivity index (χ3v) is 3.88. The molecule has 134 valence electrons. The number of alkyl halides is 3. The zero-order chi connectivity index (χ0) is 17.6. The smallest absolute Gasteiger partial charge is 0.401 e. The normalized spacial score (nSPS) is 19.4. The Bertz CT molecular complexity index is 562. The molecule has 0 aliphatic carbocycles. The van der Waals surface area contributed by atoms with Crippen molar-refractivity contribution in [3.63, 3.8) is 0 Å². The summed E-state index contributed by atoms with van der Waals surface area (Å²) in [4.78, 5) is 5.54. The van der Waals surface area contributed by atoms with Gasteiger partial charge in [-0.05, 0) is 12.5 Å². The number of ether oxygens (including phenoxy) is 1. The number of aliphatic imine (C=N–C) groups is 1. The molecular formula is C16H23F3N4O. The first-order valence-corrected chi connectivity index (χ1v) is 7.79. The maximum atomic E-state index is 12.4. The van der Waals surface area contributed by atoms with Gasteiger partial charge in [-0.3, -0.25) is 9.89 Å². The number of hydrogen-bond donors (Lipinski definition) is 2. The fraction of sp³-hybridized carbons (Fsp3) is 0.562. The average Bonchev–Trinajstić information content (AvgIpc) is 2.96. The number of para-hydroxylation sites is 1. The maximum Gasteiger partial charge on any atom is 0.401 e. The molecule has 1 saturated heterocycles. The van der Waals surface area contributed by atoms with Gasteiger partial charge in [0, 0.05) is 38.3 Å². The lowest BCUT2D eigenvalue weighted by atomic mass is 10.2. The van der Waals surface area contributed by atoms with Crippen LogP contribution in [0.5, 0.6) is 5.75 Å². The highest BCUT2D eigenvalue weighted by Crippen LogP contribution is 2.20. The molecule has 1 atom stereocenters. The second-order valence-corrected chi connectivity index (χ2v) is 5.72. The highest BCUT2D eigenvalue weighted by atomic mass is 19.4. The fourth-order valence-corrected chi connectivity index (χ4v) is 2.76. The molecule has 2 rings (SSSR count). The second-order valence-electron chi connectivity index (χ2n) is 5.72. The number of methoxy groups -OCH3 is 1. The van der Waals surface area contributed by atoms with Crippen molar-refractivity contribution in [3.8, 4) is 5.75 Å². The molecule has 1 aromatic rings. The standard InChI is InChI=1S/C16H23F3N4O/c1-20-15(21-9-12-5-3-4-6-14(12)24-2)22-13-7-8-23(10-13)11-16(17,18)19/h3-6,13H,7-11H2,1-2H3,(H2,20,21,22). The lowest BCUT2D eigenvalue weighted by molar-refractivity contribution is -0.143. The van der Waals surface area contributed by atoms with Gasteiger partial charge < -0.3 is 15.4 Å². The highest BCUT2D eigenvalue weighted by Gasteiger charge is 2.34. The Morgan fingerprint density at radius 2 is 2.12 bits per heavy atom. The van der Waals surface area contributed by atoms with Crippen molar-refractivity contribution in [3.05, 3.63) is 29.8 Å². The van der Waals surface area contributed by atoms with Crippen molar-refractivity contribution in [1.29, 1.82) is 0 Å². The largest absolute Gasteiger partial charge is 0.496 e. The number of likely N-dealkylation sites (tertiary alicyclic amines) is 1. The SMILES string of the molecule is CN=C(NCc1ccccc1OC)NC1CCN(CC(F)(F)F)C1. The summed E-state index contributed by atoms with van der Waals surface area (Å²) in [6.07, 6.45) is -3.50. The summed E-state index contributed by atoms with van der Waals surface area (Å²) in [6.45, 7) is 0.441.